The van der Waals surface area contributed by atoms with Crippen molar-refractivity contribution in [2.75, 3.05) is 37.6 Å². The van der Waals surface area contributed by atoms with Crippen molar-refractivity contribution in [1.82, 2.24) is 10.2 Å². The molecule has 25 heavy (non-hydrogen) atoms. The van der Waals surface area contributed by atoms with Crippen molar-refractivity contribution in [2.24, 2.45) is 5.92 Å². The Kier molecular flexibility index (Phi) is 4.75. The summed E-state index contributed by atoms with van der Waals surface area (Å²) in [4.78, 5) is 28.9. The standard InChI is InChI=1S/C20H27N3O2/c24-19-8-4-11-22(19)12-9-16-14-23(18-7-2-1-6-17(16)18)20(25)15-5-3-10-21-13-15/h1-2,6-7,15-16,21H,3-5,8-14H2/t15-,16-/m0/s1. The number of rotatable bonds is 4. The number of piperidine rings is 1. The molecule has 0 radical (unpaired) electrons. The van der Waals surface area contributed by atoms with Crippen LogP contribution in [-0.4, -0.2) is 49.4 Å². The maximum absolute atomic E-state index is 13.0. The molecule has 3 aliphatic heterocycles. The molecule has 2 atom stereocenters. The number of para-hydroxylation sites is 1. The molecular weight excluding hydrogens is 314 g/mol. The van der Waals surface area contributed by atoms with E-state index >= 15 is 0 Å². The zero-order valence-corrected chi connectivity index (χ0v) is 14.7. The van der Waals surface area contributed by atoms with Gasteiger partial charge in [0.25, 0.3) is 0 Å². The molecule has 0 bridgehead atoms. The second-order valence-corrected chi connectivity index (χ2v) is 7.52. The maximum Gasteiger partial charge on any atom is 0.231 e. The summed E-state index contributed by atoms with van der Waals surface area (Å²) in [6.45, 7) is 4.28. The van der Waals surface area contributed by atoms with Crippen LogP contribution in [0.15, 0.2) is 24.3 Å². The van der Waals surface area contributed by atoms with Crippen molar-refractivity contribution in [1.29, 1.82) is 0 Å². The van der Waals surface area contributed by atoms with Crippen molar-refractivity contribution >= 4 is 17.5 Å². The van der Waals surface area contributed by atoms with E-state index in [2.05, 4.69) is 23.5 Å². The topological polar surface area (TPSA) is 52.7 Å². The third-order valence-electron chi connectivity index (χ3n) is 5.90. The Bertz CT molecular complexity index is 654. The summed E-state index contributed by atoms with van der Waals surface area (Å²) < 4.78 is 0. The Balaban J connectivity index is 1.47. The monoisotopic (exact) mass is 341 g/mol. The molecule has 2 amide bonds. The molecule has 3 aliphatic rings. The molecule has 2 saturated heterocycles. The van der Waals surface area contributed by atoms with Crippen molar-refractivity contribution < 1.29 is 9.59 Å². The van der Waals surface area contributed by atoms with Gasteiger partial charge in [0.05, 0.1) is 5.92 Å². The third-order valence-corrected chi connectivity index (χ3v) is 5.90. The largest absolute Gasteiger partial charge is 0.343 e. The van der Waals surface area contributed by atoms with Gasteiger partial charge in [-0.25, -0.2) is 0 Å². The number of likely N-dealkylation sites (tertiary alicyclic amines) is 1. The van der Waals surface area contributed by atoms with E-state index < -0.39 is 0 Å². The van der Waals surface area contributed by atoms with E-state index in [-0.39, 0.29) is 17.7 Å². The lowest BCUT2D eigenvalue weighted by atomic mass is 9.97. The minimum Gasteiger partial charge on any atom is -0.343 e. The number of nitrogens with one attached hydrogen (secondary N) is 1. The van der Waals surface area contributed by atoms with Gasteiger partial charge in [-0.15, -0.1) is 0 Å². The molecule has 0 aromatic heterocycles. The third kappa shape index (κ3) is 3.30. The lowest BCUT2D eigenvalue weighted by molar-refractivity contribution is -0.128. The number of carbonyl (C=O) groups is 2. The van der Waals surface area contributed by atoms with Crippen LogP contribution in [0.2, 0.25) is 0 Å². The average molecular weight is 341 g/mol. The zero-order valence-electron chi connectivity index (χ0n) is 14.7. The maximum atomic E-state index is 13.0. The van der Waals surface area contributed by atoms with E-state index in [1.807, 2.05) is 15.9 Å². The minimum absolute atomic E-state index is 0.0979. The Morgan fingerprint density at radius 1 is 1.24 bits per heavy atom. The van der Waals surface area contributed by atoms with Crippen LogP contribution >= 0.6 is 0 Å². The van der Waals surface area contributed by atoms with Gasteiger partial charge >= 0.3 is 0 Å². The quantitative estimate of drug-likeness (QED) is 0.913. The van der Waals surface area contributed by atoms with Crippen LogP contribution in [0.5, 0.6) is 0 Å². The fraction of sp³-hybridized carbons (Fsp3) is 0.600. The second kappa shape index (κ2) is 7.16. The Morgan fingerprint density at radius 2 is 2.12 bits per heavy atom. The molecule has 0 unspecified atom stereocenters. The van der Waals surface area contributed by atoms with Gasteiger partial charge in [-0.1, -0.05) is 18.2 Å². The van der Waals surface area contributed by atoms with Crippen LogP contribution in [0.1, 0.15) is 43.6 Å². The summed E-state index contributed by atoms with van der Waals surface area (Å²) in [5.74, 6) is 0.984. The van der Waals surface area contributed by atoms with Gasteiger partial charge in [0.2, 0.25) is 11.8 Å². The molecule has 5 heteroatoms. The summed E-state index contributed by atoms with van der Waals surface area (Å²) in [7, 11) is 0. The molecule has 1 aromatic carbocycles. The number of amides is 2. The smallest absolute Gasteiger partial charge is 0.231 e. The number of carbonyl (C=O) groups excluding carboxylic acids is 2. The average Bonchev–Trinajstić information content (AvgIpc) is 3.23. The molecule has 2 fully saturated rings. The molecule has 4 rings (SSSR count). The van der Waals surface area contributed by atoms with Crippen LogP contribution in [0.3, 0.4) is 0 Å². The molecule has 1 aromatic rings. The van der Waals surface area contributed by atoms with Crippen LogP contribution in [0.25, 0.3) is 0 Å². The molecule has 134 valence electrons. The van der Waals surface area contributed by atoms with Crippen LogP contribution in [0, 0.1) is 5.92 Å². The predicted molar refractivity (Wildman–Crippen MR) is 97.6 cm³/mol. The Labute approximate surface area is 149 Å². The fourth-order valence-corrected chi connectivity index (χ4v) is 4.49. The van der Waals surface area contributed by atoms with Crippen molar-refractivity contribution in [3.05, 3.63) is 29.8 Å². The van der Waals surface area contributed by atoms with Gasteiger partial charge in [0.15, 0.2) is 0 Å². The number of hydrogen-bond acceptors (Lipinski definition) is 3. The highest BCUT2D eigenvalue weighted by Gasteiger charge is 2.36. The predicted octanol–water partition coefficient (Wildman–Crippen LogP) is 2.13. The van der Waals surface area contributed by atoms with Crippen LogP contribution in [0.4, 0.5) is 5.69 Å². The number of fused-ring (bicyclic) bond motifs is 1. The van der Waals surface area contributed by atoms with Crippen LogP contribution in [-0.2, 0) is 9.59 Å². The first-order chi connectivity index (χ1) is 12.2. The molecule has 1 N–H and O–H groups in total. The first kappa shape index (κ1) is 16.6. The van der Waals surface area contributed by atoms with Gasteiger partial charge in [-0.2, -0.15) is 0 Å². The fourth-order valence-electron chi connectivity index (χ4n) is 4.49. The zero-order chi connectivity index (χ0) is 17.2. The number of benzene rings is 1. The Morgan fingerprint density at radius 3 is 2.88 bits per heavy atom. The molecule has 0 aliphatic carbocycles. The molecular formula is C20H27N3O2. The first-order valence-electron chi connectivity index (χ1n) is 9.63. The summed E-state index contributed by atoms with van der Waals surface area (Å²) in [6, 6.07) is 8.30. The molecule has 0 saturated carbocycles. The van der Waals surface area contributed by atoms with E-state index in [0.717, 1.165) is 64.1 Å². The molecule has 5 nitrogen and oxygen atoms in total. The van der Waals surface area contributed by atoms with Crippen molar-refractivity contribution in [3.63, 3.8) is 0 Å². The number of hydrogen-bond donors (Lipinski definition) is 1. The van der Waals surface area contributed by atoms with Gasteiger partial charge in [0, 0.05) is 44.2 Å². The van der Waals surface area contributed by atoms with Gasteiger partial charge in [-0.05, 0) is 43.9 Å². The van der Waals surface area contributed by atoms with Crippen LogP contribution < -0.4 is 10.2 Å². The summed E-state index contributed by atoms with van der Waals surface area (Å²) in [5.41, 5.74) is 2.35. The second-order valence-electron chi connectivity index (χ2n) is 7.52. The SMILES string of the molecule is O=C1CCCN1CC[C@H]1CN(C(=O)[C@H]2CCCNC2)c2ccccc21. The molecule has 3 heterocycles. The van der Waals surface area contributed by atoms with E-state index in [0.29, 0.717) is 12.3 Å². The lowest BCUT2D eigenvalue weighted by Crippen LogP contribution is -2.42. The normalized spacial score (nSPS) is 26.2. The van der Waals surface area contributed by atoms with E-state index in [4.69, 9.17) is 0 Å². The highest BCUT2D eigenvalue weighted by Crippen LogP contribution is 2.39. The highest BCUT2D eigenvalue weighted by molar-refractivity contribution is 5.97. The van der Waals surface area contributed by atoms with Crippen molar-refractivity contribution in [3.8, 4) is 0 Å². The number of anilines is 1. The van der Waals surface area contributed by atoms with E-state index in [1.54, 1.807) is 0 Å². The van der Waals surface area contributed by atoms with Gasteiger partial charge in [0.1, 0.15) is 0 Å². The Hall–Kier alpha value is -1.88. The highest BCUT2D eigenvalue weighted by atomic mass is 16.2. The van der Waals surface area contributed by atoms with Gasteiger partial charge in [-0.3, -0.25) is 9.59 Å². The summed E-state index contributed by atoms with van der Waals surface area (Å²) in [5, 5.41) is 3.35. The summed E-state index contributed by atoms with van der Waals surface area (Å²) >= 11 is 0. The molecule has 0 spiro atoms. The van der Waals surface area contributed by atoms with E-state index in [1.165, 1.54) is 5.56 Å². The first-order valence-corrected chi connectivity index (χ1v) is 9.63. The summed E-state index contributed by atoms with van der Waals surface area (Å²) in [6.07, 6.45) is 4.68. The van der Waals surface area contributed by atoms with Gasteiger partial charge < -0.3 is 15.1 Å². The number of nitrogens with zero attached hydrogens (tertiary/aromatic N) is 2. The van der Waals surface area contributed by atoms with E-state index in [9.17, 15) is 9.59 Å². The van der Waals surface area contributed by atoms with Crippen molar-refractivity contribution in [2.45, 2.75) is 38.0 Å². The minimum atomic E-state index is 0.0979. The lowest BCUT2D eigenvalue weighted by Gasteiger charge is -2.27.